The molecule has 1 aromatic carbocycles. The highest BCUT2D eigenvalue weighted by molar-refractivity contribution is 6.30. The number of hydrogen-bond donors (Lipinski definition) is 0. The van der Waals surface area contributed by atoms with Crippen LogP contribution in [0.25, 0.3) is 0 Å². The average Bonchev–Trinajstić information content (AvgIpc) is 2.14. The van der Waals surface area contributed by atoms with Gasteiger partial charge in [-0.25, -0.2) is 0 Å². The fourth-order valence-corrected chi connectivity index (χ4v) is 1.61. The summed E-state index contributed by atoms with van der Waals surface area (Å²) in [6.07, 6.45) is 2.52. The maximum Gasteiger partial charge on any atom is 0.120 e. The second-order valence-electron chi connectivity index (χ2n) is 3.06. The Hall–Kier alpha value is -0.820. The van der Waals surface area contributed by atoms with Gasteiger partial charge in [-0.3, -0.25) is 0 Å². The van der Waals surface area contributed by atoms with Crippen molar-refractivity contribution in [2.75, 3.05) is 0 Å². The van der Waals surface area contributed by atoms with Crippen LogP contribution in [0.15, 0.2) is 24.3 Å². The summed E-state index contributed by atoms with van der Waals surface area (Å²) in [5.41, 5.74) is 1.15. The van der Waals surface area contributed by atoms with Gasteiger partial charge in [0.1, 0.15) is 6.29 Å². The summed E-state index contributed by atoms with van der Waals surface area (Å²) in [6.45, 7) is 2.08. The summed E-state index contributed by atoms with van der Waals surface area (Å²) in [4.78, 5) is 10.4. The smallest absolute Gasteiger partial charge is 0.120 e. The molecule has 1 atom stereocenters. The first-order valence-electron chi connectivity index (χ1n) is 4.47. The third-order valence-electron chi connectivity index (χ3n) is 2.19. The number of benzene rings is 1. The maximum absolute atomic E-state index is 10.4. The molecule has 0 aliphatic heterocycles. The Balaban J connectivity index is 2.84. The lowest BCUT2D eigenvalue weighted by Crippen LogP contribution is -1.97. The number of rotatable bonds is 4. The van der Waals surface area contributed by atoms with Crippen LogP contribution in [0.5, 0.6) is 0 Å². The molecule has 0 radical (unpaired) electrons. The molecule has 0 saturated heterocycles. The van der Waals surface area contributed by atoms with E-state index in [2.05, 4.69) is 6.92 Å². The van der Waals surface area contributed by atoms with Crippen molar-refractivity contribution < 1.29 is 4.79 Å². The monoisotopic (exact) mass is 196 g/mol. The lowest BCUT2D eigenvalue weighted by atomic mass is 9.94. The van der Waals surface area contributed by atoms with Crippen LogP contribution in [0.1, 0.15) is 31.2 Å². The van der Waals surface area contributed by atoms with Crippen LogP contribution in [0, 0.1) is 0 Å². The highest BCUT2D eigenvalue weighted by atomic mass is 35.5. The summed E-state index contributed by atoms with van der Waals surface area (Å²) >= 11 is 5.86. The fraction of sp³-hybridized carbons (Fsp3) is 0.364. The molecular formula is C11H13ClO. The SMILES string of the molecule is CCC(CC=O)c1cccc(Cl)c1. The number of halogens is 1. The van der Waals surface area contributed by atoms with Crippen LogP contribution in [0.4, 0.5) is 0 Å². The van der Waals surface area contributed by atoms with E-state index in [-0.39, 0.29) is 0 Å². The van der Waals surface area contributed by atoms with Gasteiger partial charge in [0.05, 0.1) is 0 Å². The van der Waals surface area contributed by atoms with Crippen LogP contribution in [-0.4, -0.2) is 6.29 Å². The van der Waals surface area contributed by atoms with E-state index in [1.54, 1.807) is 0 Å². The molecule has 2 heteroatoms. The van der Waals surface area contributed by atoms with E-state index in [1.807, 2.05) is 24.3 Å². The highest BCUT2D eigenvalue weighted by Gasteiger charge is 2.08. The molecule has 70 valence electrons. The van der Waals surface area contributed by atoms with Crippen LogP contribution in [-0.2, 0) is 4.79 Å². The Bertz CT molecular complexity index is 283. The molecule has 1 aromatic rings. The second-order valence-corrected chi connectivity index (χ2v) is 3.50. The van der Waals surface area contributed by atoms with Crippen molar-refractivity contribution in [2.24, 2.45) is 0 Å². The molecule has 0 heterocycles. The third kappa shape index (κ3) is 2.85. The summed E-state index contributed by atoms with van der Waals surface area (Å²) in [5, 5.41) is 0.738. The normalized spacial score (nSPS) is 12.5. The minimum Gasteiger partial charge on any atom is -0.303 e. The van der Waals surface area contributed by atoms with Crippen LogP contribution in [0.2, 0.25) is 5.02 Å². The van der Waals surface area contributed by atoms with Gasteiger partial charge >= 0.3 is 0 Å². The molecule has 1 rings (SSSR count). The van der Waals surface area contributed by atoms with Gasteiger partial charge in [0.2, 0.25) is 0 Å². The maximum atomic E-state index is 10.4. The number of aldehydes is 1. The highest BCUT2D eigenvalue weighted by Crippen LogP contribution is 2.24. The first kappa shape index (κ1) is 10.3. The molecule has 1 nitrogen and oxygen atoms in total. The van der Waals surface area contributed by atoms with Crippen molar-refractivity contribution >= 4 is 17.9 Å². The van der Waals surface area contributed by atoms with Gasteiger partial charge in [-0.1, -0.05) is 30.7 Å². The zero-order chi connectivity index (χ0) is 9.68. The molecular weight excluding hydrogens is 184 g/mol. The number of hydrogen-bond acceptors (Lipinski definition) is 1. The Morgan fingerprint density at radius 1 is 1.54 bits per heavy atom. The first-order chi connectivity index (χ1) is 6.27. The molecule has 0 amide bonds. The lowest BCUT2D eigenvalue weighted by molar-refractivity contribution is -0.108. The van der Waals surface area contributed by atoms with Crippen molar-refractivity contribution in [3.8, 4) is 0 Å². The summed E-state index contributed by atoms with van der Waals surface area (Å²) in [7, 11) is 0. The molecule has 0 aliphatic carbocycles. The van der Waals surface area contributed by atoms with Crippen molar-refractivity contribution in [3.05, 3.63) is 34.9 Å². The molecule has 13 heavy (non-hydrogen) atoms. The van der Waals surface area contributed by atoms with Crippen LogP contribution in [0.3, 0.4) is 0 Å². The van der Waals surface area contributed by atoms with E-state index in [1.165, 1.54) is 0 Å². The average molecular weight is 197 g/mol. The molecule has 0 bridgehead atoms. The Labute approximate surface area is 83.7 Å². The molecule has 0 saturated carbocycles. The molecule has 0 aromatic heterocycles. The van der Waals surface area contributed by atoms with E-state index < -0.39 is 0 Å². The van der Waals surface area contributed by atoms with Gasteiger partial charge in [0.25, 0.3) is 0 Å². The molecule has 0 spiro atoms. The van der Waals surface area contributed by atoms with E-state index in [9.17, 15) is 4.79 Å². The minimum absolute atomic E-state index is 0.316. The summed E-state index contributed by atoms with van der Waals surface area (Å²) in [6, 6.07) is 7.71. The van der Waals surface area contributed by atoms with Crippen molar-refractivity contribution in [1.82, 2.24) is 0 Å². The fourth-order valence-electron chi connectivity index (χ4n) is 1.42. The Kier molecular flexibility index (Phi) is 3.97. The summed E-state index contributed by atoms with van der Waals surface area (Å²) < 4.78 is 0. The largest absolute Gasteiger partial charge is 0.303 e. The van der Waals surface area contributed by atoms with Gasteiger partial charge in [0.15, 0.2) is 0 Å². The van der Waals surface area contributed by atoms with Gasteiger partial charge in [-0.05, 0) is 30.0 Å². The van der Waals surface area contributed by atoms with Gasteiger partial charge in [-0.15, -0.1) is 0 Å². The zero-order valence-electron chi connectivity index (χ0n) is 7.66. The first-order valence-corrected chi connectivity index (χ1v) is 4.84. The standard InChI is InChI=1S/C11H13ClO/c1-2-9(6-7-13)10-4-3-5-11(12)8-10/h3-5,7-9H,2,6H2,1H3. The Morgan fingerprint density at radius 3 is 2.85 bits per heavy atom. The van der Waals surface area contributed by atoms with Crippen molar-refractivity contribution in [2.45, 2.75) is 25.7 Å². The molecule has 0 fully saturated rings. The summed E-state index contributed by atoms with van der Waals surface area (Å²) in [5.74, 6) is 0.316. The minimum atomic E-state index is 0.316. The number of carbonyl (C=O) groups excluding carboxylic acids is 1. The van der Waals surface area contributed by atoms with Crippen LogP contribution >= 0.6 is 11.6 Å². The molecule has 0 aliphatic rings. The quantitative estimate of drug-likeness (QED) is 0.675. The molecule has 0 N–H and O–H groups in total. The van der Waals surface area contributed by atoms with E-state index in [4.69, 9.17) is 11.6 Å². The van der Waals surface area contributed by atoms with Crippen LogP contribution < -0.4 is 0 Å². The van der Waals surface area contributed by atoms with Crippen molar-refractivity contribution in [1.29, 1.82) is 0 Å². The van der Waals surface area contributed by atoms with E-state index in [0.29, 0.717) is 12.3 Å². The lowest BCUT2D eigenvalue weighted by Gasteiger charge is -2.11. The second kappa shape index (κ2) is 5.03. The topological polar surface area (TPSA) is 17.1 Å². The van der Waals surface area contributed by atoms with Crippen molar-refractivity contribution in [3.63, 3.8) is 0 Å². The number of carbonyl (C=O) groups is 1. The third-order valence-corrected chi connectivity index (χ3v) is 2.43. The van der Waals surface area contributed by atoms with E-state index >= 15 is 0 Å². The van der Waals surface area contributed by atoms with Gasteiger partial charge in [-0.2, -0.15) is 0 Å². The predicted molar refractivity (Wildman–Crippen MR) is 55.2 cm³/mol. The predicted octanol–water partition coefficient (Wildman–Crippen LogP) is 3.42. The zero-order valence-corrected chi connectivity index (χ0v) is 8.42. The molecule has 1 unspecified atom stereocenters. The van der Waals surface area contributed by atoms with Gasteiger partial charge < -0.3 is 4.79 Å². The Morgan fingerprint density at radius 2 is 2.31 bits per heavy atom. The van der Waals surface area contributed by atoms with E-state index in [0.717, 1.165) is 23.3 Å². The van der Waals surface area contributed by atoms with Gasteiger partial charge in [0, 0.05) is 11.4 Å².